The number of nitrogens with zero attached hydrogens (tertiary/aromatic N) is 3. The fraction of sp³-hybridized carbons (Fsp3) is 0.200. The normalized spacial score (nSPS) is 21.4. The maximum atomic E-state index is 13.8. The quantitative estimate of drug-likeness (QED) is 0.640. The van der Waals surface area contributed by atoms with Crippen LogP contribution in [0.15, 0.2) is 71.7 Å². The van der Waals surface area contributed by atoms with Crippen molar-refractivity contribution in [2.45, 2.75) is 18.9 Å². The summed E-state index contributed by atoms with van der Waals surface area (Å²) >= 11 is 0. The molecule has 4 nitrogen and oxygen atoms in total. The molecular formula is C25H21N3O. The van der Waals surface area contributed by atoms with E-state index in [2.05, 4.69) is 54.3 Å². The number of amidine groups is 1. The van der Waals surface area contributed by atoms with Crippen LogP contribution in [0.4, 0.5) is 11.4 Å². The Bertz CT molecular complexity index is 1210. The number of aliphatic imine (C=N–C) groups is 1. The number of hydrogen-bond acceptors (Lipinski definition) is 3. The zero-order valence-electron chi connectivity index (χ0n) is 16.5. The molecule has 0 aromatic heterocycles. The average Bonchev–Trinajstić information content (AvgIpc) is 3.26. The molecule has 1 unspecified atom stereocenters. The molecule has 3 aliphatic heterocycles. The summed E-state index contributed by atoms with van der Waals surface area (Å²) in [6.45, 7) is 2.96. The predicted octanol–water partition coefficient (Wildman–Crippen LogP) is 4.04. The van der Waals surface area contributed by atoms with Crippen LogP contribution in [0.5, 0.6) is 0 Å². The number of rotatable bonds is 1. The third-order valence-electron chi connectivity index (χ3n) is 6.46. The lowest BCUT2D eigenvalue weighted by Gasteiger charge is -2.37. The van der Waals surface area contributed by atoms with Gasteiger partial charge in [0, 0.05) is 36.0 Å². The van der Waals surface area contributed by atoms with Gasteiger partial charge < -0.3 is 9.80 Å². The lowest BCUT2D eigenvalue weighted by Crippen LogP contribution is -2.46. The smallest absolute Gasteiger partial charge is 0.264 e. The minimum atomic E-state index is -1.02. The highest BCUT2D eigenvalue weighted by molar-refractivity contribution is 6.19. The molecule has 3 heterocycles. The van der Waals surface area contributed by atoms with Gasteiger partial charge >= 0.3 is 0 Å². The van der Waals surface area contributed by atoms with Gasteiger partial charge in [-0.25, -0.2) is 4.99 Å². The van der Waals surface area contributed by atoms with E-state index in [1.165, 1.54) is 5.56 Å². The first-order valence-electron chi connectivity index (χ1n) is 10.1. The van der Waals surface area contributed by atoms with Crippen molar-refractivity contribution < 1.29 is 4.79 Å². The van der Waals surface area contributed by atoms with E-state index in [1.54, 1.807) is 4.90 Å². The number of hydrogen-bond donors (Lipinski definition) is 0. The second kappa shape index (κ2) is 5.57. The molecule has 0 fully saturated rings. The van der Waals surface area contributed by atoms with Crippen LogP contribution in [-0.2, 0) is 16.8 Å². The maximum Gasteiger partial charge on any atom is 0.264 e. The van der Waals surface area contributed by atoms with Crippen molar-refractivity contribution in [3.63, 3.8) is 0 Å². The Labute approximate surface area is 170 Å². The summed E-state index contributed by atoms with van der Waals surface area (Å²) in [7, 11) is 1.86. The fourth-order valence-corrected chi connectivity index (χ4v) is 5.11. The lowest BCUT2D eigenvalue weighted by atomic mass is 9.80. The summed E-state index contributed by atoms with van der Waals surface area (Å²) in [5.41, 5.74) is 6.56. The summed E-state index contributed by atoms with van der Waals surface area (Å²) < 4.78 is 0. The van der Waals surface area contributed by atoms with Crippen LogP contribution in [0.3, 0.4) is 0 Å². The number of para-hydroxylation sites is 1. The van der Waals surface area contributed by atoms with E-state index in [9.17, 15) is 4.79 Å². The van der Waals surface area contributed by atoms with Crippen molar-refractivity contribution in [1.82, 2.24) is 0 Å². The molecule has 0 saturated heterocycles. The highest BCUT2D eigenvalue weighted by Crippen LogP contribution is 2.53. The first kappa shape index (κ1) is 16.5. The van der Waals surface area contributed by atoms with Gasteiger partial charge in [0.05, 0.1) is 5.69 Å². The molecule has 4 heteroatoms. The summed E-state index contributed by atoms with van der Waals surface area (Å²) in [5, 5.41) is 0. The van der Waals surface area contributed by atoms with E-state index >= 15 is 0 Å². The number of benzene rings is 3. The molecule has 3 aromatic carbocycles. The van der Waals surface area contributed by atoms with Crippen LogP contribution < -0.4 is 9.80 Å². The third-order valence-corrected chi connectivity index (χ3v) is 6.46. The first-order valence-corrected chi connectivity index (χ1v) is 10.1. The lowest BCUT2D eigenvalue weighted by molar-refractivity contribution is -0.121. The molecule has 0 N–H and O–H groups in total. The molecule has 3 aliphatic rings. The standard InChI is InChI=1S/C25H21N3O/c1-16-11-12-21-20(15-16)25(24(29)27(21)2)19-10-6-9-17-13-14-28(22(17)19)23(26-25)18-7-4-3-5-8-18/h3-12,15H,13-14H2,1-2H3. The molecule has 3 aromatic rings. The van der Waals surface area contributed by atoms with E-state index in [-0.39, 0.29) is 5.91 Å². The number of carbonyl (C=O) groups excluding carboxylic acids is 1. The minimum absolute atomic E-state index is 0.0199. The van der Waals surface area contributed by atoms with Crippen LogP contribution in [0.2, 0.25) is 0 Å². The molecule has 1 amide bonds. The molecule has 0 radical (unpaired) electrons. The number of likely N-dealkylation sites (N-methyl/N-ethyl adjacent to an activating group) is 1. The number of amides is 1. The van der Waals surface area contributed by atoms with Gasteiger partial charge in [0.25, 0.3) is 5.91 Å². The molecule has 0 aliphatic carbocycles. The molecule has 29 heavy (non-hydrogen) atoms. The van der Waals surface area contributed by atoms with Crippen molar-refractivity contribution in [2.24, 2.45) is 4.99 Å². The van der Waals surface area contributed by atoms with E-state index < -0.39 is 5.54 Å². The van der Waals surface area contributed by atoms with Gasteiger partial charge in [-0.15, -0.1) is 0 Å². The summed E-state index contributed by atoms with van der Waals surface area (Å²) in [6.07, 6.45) is 0.968. The molecule has 0 bridgehead atoms. The van der Waals surface area contributed by atoms with Crippen LogP contribution in [0.25, 0.3) is 0 Å². The number of anilines is 2. The Morgan fingerprint density at radius 1 is 0.966 bits per heavy atom. The van der Waals surface area contributed by atoms with Crippen LogP contribution >= 0.6 is 0 Å². The Balaban J connectivity index is 1.74. The van der Waals surface area contributed by atoms with Crippen molar-refractivity contribution in [3.8, 4) is 0 Å². The third kappa shape index (κ3) is 1.98. The number of carbonyl (C=O) groups is 1. The van der Waals surface area contributed by atoms with Gasteiger partial charge in [0.1, 0.15) is 5.84 Å². The summed E-state index contributed by atoms with van der Waals surface area (Å²) in [4.78, 5) is 23.2. The van der Waals surface area contributed by atoms with E-state index in [1.807, 2.05) is 31.3 Å². The van der Waals surface area contributed by atoms with Crippen LogP contribution in [0.1, 0.15) is 27.8 Å². The molecule has 1 spiro atoms. The minimum Gasteiger partial charge on any atom is -0.325 e. The number of aryl methyl sites for hydroxylation is 1. The van der Waals surface area contributed by atoms with Gasteiger partial charge in [0.2, 0.25) is 0 Å². The highest BCUT2D eigenvalue weighted by atomic mass is 16.2. The molecule has 0 saturated carbocycles. The maximum absolute atomic E-state index is 13.8. The zero-order valence-corrected chi connectivity index (χ0v) is 16.5. The van der Waals surface area contributed by atoms with Crippen molar-refractivity contribution in [3.05, 3.63) is 94.5 Å². The fourth-order valence-electron chi connectivity index (χ4n) is 5.11. The van der Waals surface area contributed by atoms with Crippen molar-refractivity contribution in [2.75, 3.05) is 23.4 Å². The summed E-state index contributed by atoms with van der Waals surface area (Å²) in [5.74, 6) is 0.908. The molecule has 142 valence electrons. The first-order chi connectivity index (χ1) is 14.1. The van der Waals surface area contributed by atoms with E-state index in [4.69, 9.17) is 4.99 Å². The van der Waals surface area contributed by atoms with Gasteiger partial charge in [-0.05, 0) is 25.0 Å². The second-order valence-corrected chi connectivity index (χ2v) is 8.11. The Morgan fingerprint density at radius 3 is 2.62 bits per heavy atom. The van der Waals surface area contributed by atoms with E-state index in [0.29, 0.717) is 0 Å². The second-order valence-electron chi connectivity index (χ2n) is 8.11. The Kier molecular flexibility index (Phi) is 3.18. The zero-order chi connectivity index (χ0) is 19.8. The van der Waals surface area contributed by atoms with E-state index in [0.717, 1.165) is 52.4 Å². The highest BCUT2D eigenvalue weighted by Gasteiger charge is 2.56. The van der Waals surface area contributed by atoms with Gasteiger partial charge in [-0.3, -0.25) is 4.79 Å². The number of fused-ring (bicyclic) bond motifs is 3. The largest absolute Gasteiger partial charge is 0.325 e. The van der Waals surface area contributed by atoms with Gasteiger partial charge in [-0.2, -0.15) is 0 Å². The molecule has 6 rings (SSSR count). The topological polar surface area (TPSA) is 35.9 Å². The van der Waals surface area contributed by atoms with Crippen molar-refractivity contribution in [1.29, 1.82) is 0 Å². The Morgan fingerprint density at radius 2 is 1.79 bits per heavy atom. The Hall–Kier alpha value is -3.40. The van der Waals surface area contributed by atoms with Crippen LogP contribution in [-0.4, -0.2) is 25.3 Å². The van der Waals surface area contributed by atoms with Crippen LogP contribution in [0, 0.1) is 6.92 Å². The predicted molar refractivity (Wildman–Crippen MR) is 116 cm³/mol. The van der Waals surface area contributed by atoms with Gasteiger partial charge in [0.15, 0.2) is 5.54 Å². The van der Waals surface area contributed by atoms with Gasteiger partial charge in [-0.1, -0.05) is 66.2 Å². The SMILES string of the molecule is Cc1ccc2c(c1)C1(N=C(c3ccccc3)N3CCc4cccc1c43)C(=O)N2C. The average molecular weight is 379 g/mol. The monoisotopic (exact) mass is 379 g/mol. The molecular weight excluding hydrogens is 358 g/mol. The molecule has 1 atom stereocenters. The van der Waals surface area contributed by atoms with Crippen molar-refractivity contribution >= 4 is 23.1 Å². The summed E-state index contributed by atoms with van der Waals surface area (Å²) in [6, 6.07) is 22.8.